The van der Waals surface area contributed by atoms with Gasteiger partial charge in [-0.15, -0.1) is 11.3 Å². The minimum atomic E-state index is -0.0605. The second kappa shape index (κ2) is 4.24. The Morgan fingerprint density at radius 1 is 1.53 bits per heavy atom. The first kappa shape index (κ1) is 12.0. The molecule has 3 heterocycles. The van der Waals surface area contributed by atoms with Crippen molar-refractivity contribution in [1.82, 2.24) is 9.55 Å². The lowest BCUT2D eigenvalue weighted by Gasteiger charge is -2.11. The minimum absolute atomic E-state index is 0.0605. The molecule has 2 aromatic rings. The van der Waals surface area contributed by atoms with Gasteiger partial charge >= 0.3 is 0 Å². The van der Waals surface area contributed by atoms with Gasteiger partial charge in [-0.25, -0.2) is 0 Å². The first-order valence-corrected chi connectivity index (χ1v) is 8.67. The van der Waals surface area contributed by atoms with Crippen LogP contribution < -0.4 is 5.56 Å². The highest BCUT2D eigenvalue weighted by Crippen LogP contribution is 2.38. The lowest BCUT2D eigenvalue weighted by atomic mass is 10.2. The van der Waals surface area contributed by atoms with Gasteiger partial charge in [-0.2, -0.15) is 4.98 Å². The molecule has 2 aromatic heterocycles. The molecule has 3 rings (SSSR count). The highest BCUT2D eigenvalue weighted by atomic mass is 127. The Bertz CT molecular complexity index is 662. The first-order chi connectivity index (χ1) is 8.13. The van der Waals surface area contributed by atoms with Gasteiger partial charge in [-0.3, -0.25) is 4.79 Å². The summed E-state index contributed by atoms with van der Waals surface area (Å²) >= 11 is 5.83. The molecule has 90 valence electrons. The van der Waals surface area contributed by atoms with Gasteiger partial charge in [0.05, 0.1) is 11.4 Å². The zero-order valence-electron chi connectivity index (χ0n) is 9.49. The zero-order chi connectivity index (χ0) is 12.2. The molecule has 0 fully saturated rings. The Morgan fingerprint density at radius 2 is 2.29 bits per heavy atom. The Labute approximate surface area is 121 Å². The summed E-state index contributed by atoms with van der Waals surface area (Å²) < 4.78 is 3.33. The van der Waals surface area contributed by atoms with Crippen LogP contribution in [0.15, 0.2) is 9.95 Å². The van der Waals surface area contributed by atoms with Crippen molar-refractivity contribution in [2.75, 3.05) is 10.2 Å². The molecule has 0 aromatic carbocycles. The van der Waals surface area contributed by atoms with E-state index in [9.17, 15) is 4.79 Å². The van der Waals surface area contributed by atoms with E-state index in [0.29, 0.717) is 6.04 Å². The highest BCUT2D eigenvalue weighted by Gasteiger charge is 2.27. The van der Waals surface area contributed by atoms with Crippen LogP contribution in [0.1, 0.15) is 16.5 Å². The van der Waals surface area contributed by atoms with E-state index < -0.39 is 0 Å². The quantitative estimate of drug-likeness (QED) is 0.435. The number of fused-ring (bicyclic) bond motifs is 3. The highest BCUT2D eigenvalue weighted by molar-refractivity contribution is 14.1. The van der Waals surface area contributed by atoms with Crippen LogP contribution in [0.5, 0.6) is 0 Å². The van der Waals surface area contributed by atoms with Crippen molar-refractivity contribution in [2.45, 2.75) is 25.0 Å². The first-order valence-electron chi connectivity index (χ1n) is 5.34. The summed E-state index contributed by atoms with van der Waals surface area (Å²) in [5.41, 5.74) is 1.04. The van der Waals surface area contributed by atoms with Gasteiger partial charge in [-0.05, 0) is 19.4 Å². The van der Waals surface area contributed by atoms with E-state index in [1.807, 2.05) is 6.92 Å². The summed E-state index contributed by atoms with van der Waals surface area (Å²) in [6.45, 7) is 4.10. The summed E-state index contributed by atoms with van der Waals surface area (Å²) in [4.78, 5) is 18.6. The third-order valence-corrected chi connectivity index (χ3v) is 6.47. The largest absolute Gasteiger partial charge is 0.307 e. The molecule has 0 N–H and O–H groups in total. The molecule has 1 aliphatic rings. The van der Waals surface area contributed by atoms with E-state index in [-0.39, 0.29) is 5.56 Å². The monoisotopic (exact) mass is 378 g/mol. The topological polar surface area (TPSA) is 34.9 Å². The van der Waals surface area contributed by atoms with Crippen molar-refractivity contribution in [1.29, 1.82) is 0 Å². The molecule has 0 unspecified atom stereocenters. The Morgan fingerprint density at radius 3 is 3.00 bits per heavy atom. The van der Waals surface area contributed by atoms with Gasteiger partial charge in [0, 0.05) is 15.1 Å². The predicted octanol–water partition coefficient (Wildman–Crippen LogP) is 3.16. The number of aryl methyl sites for hydroxylation is 2. The van der Waals surface area contributed by atoms with E-state index in [2.05, 4.69) is 39.1 Å². The van der Waals surface area contributed by atoms with E-state index in [0.717, 1.165) is 31.1 Å². The van der Waals surface area contributed by atoms with Gasteiger partial charge in [0.25, 0.3) is 5.56 Å². The lowest BCUT2D eigenvalue weighted by Crippen LogP contribution is -2.16. The number of alkyl halides is 1. The number of nitrogens with zero attached hydrogens (tertiary/aromatic N) is 2. The van der Waals surface area contributed by atoms with Crippen LogP contribution in [0.2, 0.25) is 0 Å². The minimum Gasteiger partial charge on any atom is -0.307 e. The van der Waals surface area contributed by atoms with Crippen molar-refractivity contribution in [3.05, 3.63) is 20.8 Å². The molecule has 0 saturated carbocycles. The summed E-state index contributed by atoms with van der Waals surface area (Å²) in [5.74, 6) is 1.03. The van der Waals surface area contributed by atoms with Gasteiger partial charge in [0.2, 0.25) is 0 Å². The molecular formula is C11H11IN2OS2. The van der Waals surface area contributed by atoms with E-state index in [4.69, 9.17) is 0 Å². The average Bonchev–Trinajstić information content (AvgIpc) is 2.82. The second-order valence-electron chi connectivity index (χ2n) is 4.15. The van der Waals surface area contributed by atoms with Crippen LogP contribution in [0.4, 0.5) is 0 Å². The van der Waals surface area contributed by atoms with Gasteiger partial charge in [0.1, 0.15) is 4.83 Å². The third kappa shape index (κ3) is 1.67. The maximum atomic E-state index is 12.0. The smallest absolute Gasteiger partial charge is 0.282 e. The summed E-state index contributed by atoms with van der Waals surface area (Å²) in [6, 6.07) is 0.476. The van der Waals surface area contributed by atoms with E-state index >= 15 is 0 Å². The Balaban J connectivity index is 2.45. The van der Waals surface area contributed by atoms with Crippen LogP contribution in [0.3, 0.4) is 0 Å². The molecular weight excluding hydrogens is 367 g/mol. The third-order valence-electron chi connectivity index (χ3n) is 3.15. The van der Waals surface area contributed by atoms with Crippen molar-refractivity contribution >= 4 is 55.9 Å². The van der Waals surface area contributed by atoms with Crippen molar-refractivity contribution < 1.29 is 0 Å². The number of rotatable bonds is 1. The Hall–Kier alpha value is -0.0800. The van der Waals surface area contributed by atoms with Crippen molar-refractivity contribution in [2.24, 2.45) is 0 Å². The van der Waals surface area contributed by atoms with Gasteiger partial charge in [0.15, 0.2) is 5.16 Å². The molecule has 0 amide bonds. The van der Waals surface area contributed by atoms with E-state index in [1.165, 1.54) is 4.88 Å². The fraction of sp³-hybridized carbons (Fsp3) is 0.455. The normalized spacial score (nSPS) is 18.9. The molecule has 0 spiro atoms. The fourth-order valence-electron chi connectivity index (χ4n) is 2.10. The number of aromatic nitrogens is 2. The van der Waals surface area contributed by atoms with Crippen LogP contribution >= 0.6 is 45.7 Å². The van der Waals surface area contributed by atoms with Gasteiger partial charge in [-0.1, -0.05) is 34.4 Å². The van der Waals surface area contributed by atoms with Crippen LogP contribution in [-0.4, -0.2) is 19.7 Å². The lowest BCUT2D eigenvalue weighted by molar-refractivity contribution is 0.602. The molecule has 0 aliphatic carbocycles. The number of halogens is 1. The van der Waals surface area contributed by atoms with Gasteiger partial charge < -0.3 is 4.57 Å². The maximum absolute atomic E-state index is 12.0. The number of hydrogen-bond acceptors (Lipinski definition) is 4. The summed E-state index contributed by atoms with van der Waals surface area (Å²) in [7, 11) is 0. The molecule has 0 saturated heterocycles. The number of thiophene rings is 1. The van der Waals surface area contributed by atoms with Crippen LogP contribution in [0, 0.1) is 13.8 Å². The molecule has 3 nitrogen and oxygen atoms in total. The SMILES string of the molecule is Cc1sc2c(c1C)c(=O)nc1n2[C@@H](CI)CS1. The summed E-state index contributed by atoms with van der Waals surface area (Å²) in [5, 5.41) is 1.72. The molecule has 6 heteroatoms. The van der Waals surface area contributed by atoms with E-state index in [1.54, 1.807) is 23.1 Å². The second-order valence-corrected chi connectivity index (χ2v) is 7.22. The molecule has 17 heavy (non-hydrogen) atoms. The molecule has 0 bridgehead atoms. The molecule has 1 aliphatic heterocycles. The van der Waals surface area contributed by atoms with Crippen LogP contribution in [0.25, 0.3) is 10.2 Å². The Kier molecular flexibility index (Phi) is 2.99. The standard InChI is InChI=1S/C11H11IN2OS2/c1-5-6(2)17-10-8(5)9(15)13-11-14(10)7(3-12)4-16-11/h7H,3-4H2,1-2H3/t7-/m0/s1. The average molecular weight is 378 g/mol. The maximum Gasteiger partial charge on any atom is 0.282 e. The number of thioether (sulfide) groups is 1. The molecule has 0 radical (unpaired) electrons. The van der Waals surface area contributed by atoms with Crippen molar-refractivity contribution in [3.63, 3.8) is 0 Å². The fourth-order valence-corrected chi connectivity index (χ4v) is 5.64. The predicted molar refractivity (Wildman–Crippen MR) is 82.0 cm³/mol. The number of hydrogen-bond donors (Lipinski definition) is 0. The van der Waals surface area contributed by atoms with Crippen molar-refractivity contribution in [3.8, 4) is 0 Å². The van der Waals surface area contributed by atoms with Crippen LogP contribution in [-0.2, 0) is 0 Å². The molecule has 1 atom stereocenters. The summed E-state index contributed by atoms with van der Waals surface area (Å²) in [6.07, 6.45) is 0. The zero-order valence-corrected chi connectivity index (χ0v) is 13.3.